The van der Waals surface area contributed by atoms with Gasteiger partial charge in [0.1, 0.15) is 11.9 Å². The van der Waals surface area contributed by atoms with Crippen molar-refractivity contribution in [3.63, 3.8) is 0 Å². The van der Waals surface area contributed by atoms with Crippen LogP contribution in [0.2, 0.25) is 5.02 Å². The van der Waals surface area contributed by atoms with Crippen molar-refractivity contribution in [2.75, 3.05) is 0 Å². The van der Waals surface area contributed by atoms with Gasteiger partial charge in [-0.1, -0.05) is 29.4 Å². The van der Waals surface area contributed by atoms with E-state index in [4.69, 9.17) is 16.9 Å². The van der Waals surface area contributed by atoms with Gasteiger partial charge in [0.15, 0.2) is 0 Å². The van der Waals surface area contributed by atoms with Crippen LogP contribution in [-0.2, 0) is 0 Å². The van der Waals surface area contributed by atoms with Crippen molar-refractivity contribution < 1.29 is 4.39 Å². The molecule has 0 N–H and O–H groups in total. The monoisotopic (exact) mass is 263 g/mol. The fraction of sp³-hybridized carbons (Fsp3) is 0. The lowest BCUT2D eigenvalue weighted by atomic mass is 10.2. The van der Waals surface area contributed by atoms with Gasteiger partial charge in [-0.25, -0.2) is 4.39 Å². The Labute approximate surface area is 108 Å². The number of hydrogen-bond acceptors (Lipinski definition) is 2. The highest BCUT2D eigenvalue weighted by Gasteiger charge is 2.05. The zero-order chi connectivity index (χ0) is 12.3. The van der Waals surface area contributed by atoms with Crippen LogP contribution < -0.4 is 0 Å². The Balaban J connectivity index is 2.36. The molecule has 0 amide bonds. The Morgan fingerprint density at radius 2 is 2.00 bits per heavy atom. The molecule has 0 unspecified atom stereocenters. The predicted octanol–water partition coefficient (Wildman–Crippen LogP) is 4.50. The second-order valence-corrected chi connectivity index (χ2v) is 4.86. The largest absolute Gasteiger partial charge is 0.207 e. The molecule has 0 fully saturated rings. The number of nitriles is 1. The Morgan fingerprint density at radius 3 is 2.71 bits per heavy atom. The van der Waals surface area contributed by atoms with Crippen LogP contribution in [0.4, 0.5) is 4.39 Å². The Morgan fingerprint density at radius 1 is 1.18 bits per heavy atom. The number of nitrogens with zero attached hydrogens (tertiary/aromatic N) is 1. The van der Waals surface area contributed by atoms with Crippen molar-refractivity contribution in [1.82, 2.24) is 0 Å². The third-order valence-corrected chi connectivity index (χ3v) is 3.37. The lowest BCUT2D eigenvalue weighted by Gasteiger charge is -2.04. The van der Waals surface area contributed by atoms with Gasteiger partial charge >= 0.3 is 0 Å². The summed E-state index contributed by atoms with van der Waals surface area (Å²) in [5.74, 6) is -0.296. The van der Waals surface area contributed by atoms with E-state index in [-0.39, 0.29) is 5.82 Å². The highest BCUT2D eigenvalue weighted by Crippen LogP contribution is 2.32. The van der Waals surface area contributed by atoms with E-state index in [1.165, 1.54) is 23.9 Å². The standard InChI is InChI=1S/C13H7ClFNS/c14-10-5-4-9(8-16)13(6-10)17-12-3-1-2-11(15)7-12/h1-7H. The van der Waals surface area contributed by atoms with Crippen LogP contribution in [0.1, 0.15) is 5.56 Å². The lowest BCUT2D eigenvalue weighted by molar-refractivity contribution is 0.624. The van der Waals surface area contributed by atoms with Crippen LogP contribution in [-0.4, -0.2) is 0 Å². The molecule has 17 heavy (non-hydrogen) atoms. The highest BCUT2D eigenvalue weighted by molar-refractivity contribution is 7.99. The molecule has 2 aromatic rings. The van der Waals surface area contributed by atoms with Crippen LogP contribution in [0.5, 0.6) is 0 Å². The molecule has 0 saturated heterocycles. The fourth-order valence-electron chi connectivity index (χ4n) is 1.33. The van der Waals surface area contributed by atoms with Crippen molar-refractivity contribution in [3.05, 3.63) is 58.9 Å². The second kappa shape index (κ2) is 5.22. The number of benzene rings is 2. The first-order chi connectivity index (χ1) is 8.19. The quantitative estimate of drug-likeness (QED) is 0.796. The summed E-state index contributed by atoms with van der Waals surface area (Å²) in [6.45, 7) is 0. The molecule has 2 aromatic carbocycles. The molecule has 0 radical (unpaired) electrons. The van der Waals surface area contributed by atoms with E-state index in [0.717, 1.165) is 9.79 Å². The molecule has 0 aliphatic carbocycles. The molecule has 0 aliphatic rings. The van der Waals surface area contributed by atoms with Gasteiger partial charge in [-0.3, -0.25) is 0 Å². The molecular formula is C13H7ClFNS. The van der Waals surface area contributed by atoms with E-state index in [2.05, 4.69) is 6.07 Å². The van der Waals surface area contributed by atoms with E-state index >= 15 is 0 Å². The molecule has 84 valence electrons. The van der Waals surface area contributed by atoms with E-state index in [0.29, 0.717) is 10.6 Å². The Kier molecular flexibility index (Phi) is 3.68. The third-order valence-electron chi connectivity index (χ3n) is 2.09. The predicted molar refractivity (Wildman–Crippen MR) is 66.7 cm³/mol. The van der Waals surface area contributed by atoms with E-state index in [9.17, 15) is 4.39 Å². The molecule has 4 heteroatoms. The average molecular weight is 264 g/mol. The normalized spacial score (nSPS) is 9.94. The van der Waals surface area contributed by atoms with E-state index in [1.54, 1.807) is 30.3 Å². The minimum atomic E-state index is -0.296. The number of hydrogen-bond donors (Lipinski definition) is 0. The topological polar surface area (TPSA) is 23.8 Å². The van der Waals surface area contributed by atoms with Crippen molar-refractivity contribution >= 4 is 23.4 Å². The van der Waals surface area contributed by atoms with Crippen LogP contribution in [0.25, 0.3) is 0 Å². The van der Waals surface area contributed by atoms with Crippen LogP contribution >= 0.6 is 23.4 Å². The second-order valence-electron chi connectivity index (χ2n) is 3.31. The van der Waals surface area contributed by atoms with Crippen molar-refractivity contribution in [2.24, 2.45) is 0 Å². The summed E-state index contributed by atoms with van der Waals surface area (Å²) in [7, 11) is 0. The SMILES string of the molecule is N#Cc1ccc(Cl)cc1Sc1cccc(F)c1. The van der Waals surface area contributed by atoms with Gasteiger partial charge in [-0.2, -0.15) is 5.26 Å². The Hall–Kier alpha value is -1.50. The maximum absolute atomic E-state index is 13.0. The van der Waals surface area contributed by atoms with Gasteiger partial charge in [0.05, 0.1) is 5.56 Å². The fourth-order valence-corrected chi connectivity index (χ4v) is 2.55. The first kappa shape index (κ1) is 12.0. The summed E-state index contributed by atoms with van der Waals surface area (Å²) in [6.07, 6.45) is 0. The van der Waals surface area contributed by atoms with Gasteiger partial charge in [-0.05, 0) is 36.4 Å². The number of rotatable bonds is 2. The molecule has 0 saturated carbocycles. The van der Waals surface area contributed by atoms with Crippen LogP contribution in [0, 0.1) is 17.1 Å². The van der Waals surface area contributed by atoms with Crippen LogP contribution in [0.15, 0.2) is 52.3 Å². The molecule has 2 rings (SSSR count). The highest BCUT2D eigenvalue weighted by atomic mass is 35.5. The summed E-state index contributed by atoms with van der Waals surface area (Å²) in [5, 5.41) is 9.52. The molecular weight excluding hydrogens is 257 g/mol. The van der Waals surface area contributed by atoms with E-state index < -0.39 is 0 Å². The van der Waals surface area contributed by atoms with Gasteiger partial charge in [0.25, 0.3) is 0 Å². The van der Waals surface area contributed by atoms with Crippen molar-refractivity contribution in [1.29, 1.82) is 5.26 Å². The first-order valence-electron chi connectivity index (χ1n) is 4.82. The smallest absolute Gasteiger partial charge is 0.124 e. The van der Waals surface area contributed by atoms with Gasteiger partial charge in [0, 0.05) is 14.8 Å². The maximum atomic E-state index is 13.0. The average Bonchev–Trinajstić information content (AvgIpc) is 2.29. The summed E-state index contributed by atoms with van der Waals surface area (Å²) < 4.78 is 13.0. The zero-order valence-electron chi connectivity index (χ0n) is 8.65. The summed E-state index contributed by atoms with van der Waals surface area (Å²) in [6, 6.07) is 13.3. The minimum absolute atomic E-state index is 0.296. The molecule has 0 atom stereocenters. The summed E-state index contributed by atoms with van der Waals surface area (Å²) in [5.41, 5.74) is 0.531. The van der Waals surface area contributed by atoms with Crippen molar-refractivity contribution in [2.45, 2.75) is 9.79 Å². The summed E-state index contributed by atoms with van der Waals surface area (Å²) >= 11 is 7.19. The molecule has 1 nitrogen and oxygen atoms in total. The zero-order valence-corrected chi connectivity index (χ0v) is 10.2. The first-order valence-corrected chi connectivity index (χ1v) is 6.01. The minimum Gasteiger partial charge on any atom is -0.207 e. The summed E-state index contributed by atoms with van der Waals surface area (Å²) in [4.78, 5) is 1.47. The molecule has 0 bridgehead atoms. The molecule has 0 aromatic heterocycles. The van der Waals surface area contributed by atoms with Gasteiger partial charge in [-0.15, -0.1) is 0 Å². The molecule has 0 aliphatic heterocycles. The maximum Gasteiger partial charge on any atom is 0.124 e. The van der Waals surface area contributed by atoms with Crippen LogP contribution in [0.3, 0.4) is 0 Å². The van der Waals surface area contributed by atoms with E-state index in [1.807, 2.05) is 0 Å². The van der Waals surface area contributed by atoms with Gasteiger partial charge in [0.2, 0.25) is 0 Å². The third kappa shape index (κ3) is 3.00. The molecule has 0 heterocycles. The Bertz CT molecular complexity index is 592. The van der Waals surface area contributed by atoms with Crippen molar-refractivity contribution in [3.8, 4) is 6.07 Å². The molecule has 0 spiro atoms. The van der Waals surface area contributed by atoms with Gasteiger partial charge < -0.3 is 0 Å². The lowest BCUT2D eigenvalue weighted by Crippen LogP contribution is -1.82. The number of halogens is 2.